The zero-order valence-electron chi connectivity index (χ0n) is 18.4. The average Bonchev–Trinajstić information content (AvgIpc) is 3.08. The van der Waals surface area contributed by atoms with E-state index in [1.165, 1.54) is 0 Å². The standard InChI is InChI=1S/C20H22ClN7.C2H6/c1-5-27-18(17-6-11(2)20-22-9-12(3)28(20)25-17)8-16(24-27)14-7-13(14)15-10-23-26(4)19(15)21;1-2/h6,8-10,13-14H,5,7H2,1-4H3;1-2H3. The minimum atomic E-state index is 0.382. The summed E-state index contributed by atoms with van der Waals surface area (Å²) in [6.07, 6.45) is 4.79. The van der Waals surface area contributed by atoms with Crippen molar-refractivity contribution in [3.8, 4) is 11.4 Å². The van der Waals surface area contributed by atoms with E-state index >= 15 is 0 Å². The van der Waals surface area contributed by atoms with Gasteiger partial charge in [-0.1, -0.05) is 25.4 Å². The molecule has 8 heteroatoms. The molecule has 0 aliphatic heterocycles. The molecule has 0 spiro atoms. The smallest absolute Gasteiger partial charge is 0.156 e. The van der Waals surface area contributed by atoms with Gasteiger partial charge >= 0.3 is 0 Å². The van der Waals surface area contributed by atoms with Crippen molar-refractivity contribution in [3.63, 3.8) is 0 Å². The lowest BCUT2D eigenvalue weighted by molar-refractivity contribution is 0.650. The first-order chi connectivity index (χ1) is 14.5. The molecule has 2 unspecified atom stereocenters. The molecule has 1 aliphatic rings. The van der Waals surface area contributed by atoms with Gasteiger partial charge in [-0.2, -0.15) is 15.3 Å². The molecule has 0 N–H and O–H groups in total. The molecule has 5 rings (SSSR count). The number of rotatable bonds is 4. The van der Waals surface area contributed by atoms with E-state index in [2.05, 4.69) is 36.1 Å². The van der Waals surface area contributed by atoms with Crippen LogP contribution in [0.15, 0.2) is 24.5 Å². The maximum atomic E-state index is 6.39. The van der Waals surface area contributed by atoms with Gasteiger partial charge in [0.1, 0.15) is 10.8 Å². The number of nitrogens with zero attached hydrogens (tertiary/aromatic N) is 7. The number of fused-ring (bicyclic) bond motifs is 1. The number of aryl methyl sites for hydroxylation is 4. The highest BCUT2D eigenvalue weighted by atomic mass is 35.5. The Bertz CT molecular complexity index is 1200. The second-order valence-electron chi connectivity index (χ2n) is 7.58. The summed E-state index contributed by atoms with van der Waals surface area (Å²) >= 11 is 6.39. The highest BCUT2D eigenvalue weighted by molar-refractivity contribution is 6.30. The van der Waals surface area contributed by atoms with Crippen molar-refractivity contribution in [3.05, 3.63) is 52.2 Å². The summed E-state index contributed by atoms with van der Waals surface area (Å²) in [7, 11) is 1.87. The Kier molecular flexibility index (Phi) is 5.40. The zero-order valence-corrected chi connectivity index (χ0v) is 19.1. The highest BCUT2D eigenvalue weighted by Crippen LogP contribution is 2.55. The van der Waals surface area contributed by atoms with E-state index in [0.29, 0.717) is 11.8 Å². The minimum Gasteiger partial charge on any atom is -0.263 e. The monoisotopic (exact) mass is 425 g/mol. The van der Waals surface area contributed by atoms with Crippen LogP contribution in [0.1, 0.15) is 61.5 Å². The zero-order chi connectivity index (χ0) is 21.6. The lowest BCUT2D eigenvalue weighted by atomic mass is 10.1. The maximum Gasteiger partial charge on any atom is 0.156 e. The second kappa shape index (κ2) is 7.87. The quantitative estimate of drug-likeness (QED) is 0.465. The van der Waals surface area contributed by atoms with Crippen LogP contribution in [0.4, 0.5) is 0 Å². The third-order valence-electron chi connectivity index (χ3n) is 5.65. The van der Waals surface area contributed by atoms with E-state index in [0.717, 1.165) is 57.7 Å². The van der Waals surface area contributed by atoms with Gasteiger partial charge < -0.3 is 0 Å². The van der Waals surface area contributed by atoms with E-state index in [1.54, 1.807) is 4.68 Å². The summed E-state index contributed by atoms with van der Waals surface area (Å²) < 4.78 is 5.67. The van der Waals surface area contributed by atoms with Crippen LogP contribution in [0.25, 0.3) is 17.0 Å². The van der Waals surface area contributed by atoms with E-state index < -0.39 is 0 Å². The second-order valence-corrected chi connectivity index (χ2v) is 7.94. The Morgan fingerprint density at radius 2 is 1.87 bits per heavy atom. The number of hydrogen-bond donors (Lipinski definition) is 0. The molecule has 158 valence electrons. The van der Waals surface area contributed by atoms with Crippen LogP contribution < -0.4 is 0 Å². The fourth-order valence-electron chi connectivity index (χ4n) is 3.98. The fourth-order valence-corrected chi connectivity index (χ4v) is 4.21. The largest absolute Gasteiger partial charge is 0.263 e. The fraction of sp³-hybridized carbons (Fsp3) is 0.455. The van der Waals surface area contributed by atoms with Crippen molar-refractivity contribution in [1.82, 2.24) is 34.2 Å². The first kappa shape index (κ1) is 20.6. The Labute approximate surface area is 181 Å². The van der Waals surface area contributed by atoms with Gasteiger partial charge in [0, 0.05) is 25.1 Å². The number of imidazole rings is 1. The van der Waals surface area contributed by atoms with Crippen LogP contribution in [0.3, 0.4) is 0 Å². The van der Waals surface area contributed by atoms with Gasteiger partial charge in [0.2, 0.25) is 0 Å². The Hall–Kier alpha value is -2.67. The van der Waals surface area contributed by atoms with Crippen LogP contribution >= 0.6 is 11.6 Å². The predicted octanol–water partition coefficient (Wildman–Crippen LogP) is 4.91. The average molecular weight is 426 g/mol. The summed E-state index contributed by atoms with van der Waals surface area (Å²) in [5.41, 5.74) is 7.21. The minimum absolute atomic E-state index is 0.382. The summed E-state index contributed by atoms with van der Waals surface area (Å²) in [5, 5.41) is 14.7. The topological polar surface area (TPSA) is 65.8 Å². The van der Waals surface area contributed by atoms with Gasteiger partial charge in [-0.05, 0) is 50.8 Å². The molecular formula is C22H28ClN7. The number of hydrogen-bond acceptors (Lipinski definition) is 4. The van der Waals surface area contributed by atoms with Gasteiger partial charge in [0.05, 0.1) is 29.5 Å². The van der Waals surface area contributed by atoms with Crippen LogP contribution in [0, 0.1) is 13.8 Å². The summed E-state index contributed by atoms with van der Waals surface area (Å²) in [4.78, 5) is 4.45. The lowest BCUT2D eigenvalue weighted by Gasteiger charge is -2.07. The molecule has 0 aromatic carbocycles. The van der Waals surface area contributed by atoms with Crippen molar-refractivity contribution in [2.24, 2.45) is 7.05 Å². The molecule has 1 saturated carbocycles. The van der Waals surface area contributed by atoms with Crippen LogP contribution in [0.5, 0.6) is 0 Å². The molecule has 1 aliphatic carbocycles. The summed E-state index contributed by atoms with van der Waals surface area (Å²) in [6, 6.07) is 4.27. The van der Waals surface area contributed by atoms with Crippen molar-refractivity contribution in [2.75, 3.05) is 0 Å². The molecule has 7 nitrogen and oxygen atoms in total. The summed E-state index contributed by atoms with van der Waals surface area (Å²) in [6.45, 7) is 11.0. The number of aromatic nitrogens is 7. The van der Waals surface area contributed by atoms with Gasteiger partial charge in [-0.25, -0.2) is 9.50 Å². The molecule has 0 bridgehead atoms. The van der Waals surface area contributed by atoms with Crippen LogP contribution in [-0.4, -0.2) is 34.2 Å². The molecule has 0 saturated heterocycles. The third kappa shape index (κ3) is 3.31. The van der Waals surface area contributed by atoms with Gasteiger partial charge in [0.25, 0.3) is 0 Å². The first-order valence-corrected chi connectivity index (χ1v) is 10.9. The number of halogens is 1. The van der Waals surface area contributed by atoms with Crippen molar-refractivity contribution < 1.29 is 0 Å². The Morgan fingerprint density at radius 3 is 2.53 bits per heavy atom. The molecular weight excluding hydrogens is 398 g/mol. The van der Waals surface area contributed by atoms with E-state index in [9.17, 15) is 0 Å². The highest BCUT2D eigenvalue weighted by Gasteiger charge is 2.43. The van der Waals surface area contributed by atoms with Crippen molar-refractivity contribution in [2.45, 2.75) is 59.4 Å². The molecule has 4 heterocycles. The molecule has 2 atom stereocenters. The third-order valence-corrected chi connectivity index (χ3v) is 6.11. The molecule has 0 radical (unpaired) electrons. The van der Waals surface area contributed by atoms with E-state index in [1.807, 2.05) is 49.4 Å². The Balaban J connectivity index is 0.00000106. The lowest BCUT2D eigenvalue weighted by Crippen LogP contribution is -2.04. The predicted molar refractivity (Wildman–Crippen MR) is 119 cm³/mol. The van der Waals surface area contributed by atoms with Gasteiger partial charge in [0.15, 0.2) is 5.65 Å². The molecule has 4 aromatic rings. The van der Waals surface area contributed by atoms with Crippen molar-refractivity contribution >= 4 is 17.2 Å². The SMILES string of the molecule is CC.CCn1nc(C2CC2c2cnn(C)c2Cl)cc1-c1cc(C)c2ncc(C)n2n1. The maximum absolute atomic E-state index is 6.39. The summed E-state index contributed by atoms with van der Waals surface area (Å²) in [5.74, 6) is 0.774. The molecule has 0 amide bonds. The van der Waals surface area contributed by atoms with Crippen LogP contribution in [0.2, 0.25) is 5.15 Å². The Morgan fingerprint density at radius 1 is 1.10 bits per heavy atom. The van der Waals surface area contributed by atoms with E-state index in [4.69, 9.17) is 21.8 Å². The van der Waals surface area contributed by atoms with Crippen molar-refractivity contribution in [1.29, 1.82) is 0 Å². The van der Waals surface area contributed by atoms with Gasteiger partial charge in [-0.3, -0.25) is 9.36 Å². The van der Waals surface area contributed by atoms with Gasteiger partial charge in [-0.15, -0.1) is 0 Å². The molecule has 4 aromatic heterocycles. The van der Waals surface area contributed by atoms with Crippen LogP contribution in [-0.2, 0) is 13.6 Å². The molecule has 1 fully saturated rings. The first-order valence-electron chi connectivity index (χ1n) is 10.6. The normalized spacial score (nSPS) is 17.8. The molecule has 30 heavy (non-hydrogen) atoms. The van der Waals surface area contributed by atoms with E-state index in [-0.39, 0.29) is 0 Å².